The number of rotatable bonds is 2. The Kier molecular flexibility index (Phi) is 3.55. The third-order valence-corrected chi connectivity index (χ3v) is 4.39. The highest BCUT2D eigenvalue weighted by molar-refractivity contribution is 9.10. The van der Waals surface area contributed by atoms with Gasteiger partial charge in [-0.15, -0.1) is 10.2 Å². The van der Waals surface area contributed by atoms with Crippen molar-refractivity contribution in [3.63, 3.8) is 0 Å². The zero-order valence-corrected chi connectivity index (χ0v) is 13.9. The van der Waals surface area contributed by atoms with Crippen LogP contribution in [0, 0.1) is 0 Å². The quantitative estimate of drug-likeness (QED) is 0.755. The smallest absolute Gasteiger partial charge is 0.151 e. The average Bonchev–Trinajstić information content (AvgIpc) is 2.92. The second kappa shape index (κ2) is 5.72. The lowest BCUT2D eigenvalue weighted by Gasteiger charge is -2.14. The van der Waals surface area contributed by atoms with E-state index in [0.29, 0.717) is 13.0 Å². The molecule has 3 aromatic rings. The number of pyridine rings is 1. The molecule has 0 saturated carbocycles. The first-order valence-corrected chi connectivity index (χ1v) is 8.12. The molecule has 0 fully saturated rings. The summed E-state index contributed by atoms with van der Waals surface area (Å²) < 4.78 is 3.07. The number of benzene rings is 1. The van der Waals surface area contributed by atoms with E-state index in [2.05, 4.69) is 49.3 Å². The van der Waals surface area contributed by atoms with Gasteiger partial charge in [0.05, 0.1) is 17.9 Å². The molecular weight excluding hydrogens is 354 g/mol. The zero-order chi connectivity index (χ0) is 15.8. The monoisotopic (exact) mass is 367 g/mol. The van der Waals surface area contributed by atoms with Gasteiger partial charge in [0, 0.05) is 28.2 Å². The molecule has 0 radical (unpaired) electrons. The van der Waals surface area contributed by atoms with E-state index < -0.39 is 0 Å². The van der Waals surface area contributed by atoms with Gasteiger partial charge >= 0.3 is 0 Å². The Morgan fingerprint density at radius 1 is 1.17 bits per heavy atom. The summed E-state index contributed by atoms with van der Waals surface area (Å²) in [7, 11) is 0. The van der Waals surface area contributed by atoms with Crippen LogP contribution in [-0.4, -0.2) is 19.7 Å². The number of hydrogen-bond acceptors (Lipinski definition) is 4. The zero-order valence-electron chi connectivity index (χ0n) is 12.3. The number of aromatic nitrogens is 4. The maximum atomic E-state index is 5.84. The molecule has 0 amide bonds. The van der Waals surface area contributed by atoms with Gasteiger partial charge in [-0.25, -0.2) is 0 Å². The van der Waals surface area contributed by atoms with Gasteiger partial charge in [0.15, 0.2) is 5.82 Å². The lowest BCUT2D eigenvalue weighted by atomic mass is 10.00. The van der Waals surface area contributed by atoms with Crippen molar-refractivity contribution in [1.82, 2.24) is 19.7 Å². The molecule has 2 N–H and O–H groups in total. The van der Waals surface area contributed by atoms with E-state index in [1.807, 2.05) is 35.0 Å². The fourth-order valence-electron chi connectivity index (χ4n) is 2.88. The van der Waals surface area contributed by atoms with Crippen molar-refractivity contribution < 1.29 is 0 Å². The van der Waals surface area contributed by atoms with Crippen LogP contribution in [0.1, 0.15) is 22.9 Å². The summed E-state index contributed by atoms with van der Waals surface area (Å²) in [5.41, 5.74) is 10.00. The summed E-state index contributed by atoms with van der Waals surface area (Å²) in [4.78, 5) is 4.51. The minimum atomic E-state index is 0.349. The number of nitrogens with two attached hydrogens (primary N) is 1. The standard InChI is InChI=1S/C17H14BrN5/c18-11-4-6-15-13(9-11)12(14-3-1-2-8-20-14)5-7-16-21-22-17(10-19)23(15)16/h1-6,8-9H,7,10,19H2. The molecule has 23 heavy (non-hydrogen) atoms. The maximum Gasteiger partial charge on any atom is 0.151 e. The Hall–Kier alpha value is -2.31. The molecule has 0 spiro atoms. The molecule has 0 unspecified atom stereocenters. The van der Waals surface area contributed by atoms with Crippen molar-refractivity contribution in [2.75, 3.05) is 0 Å². The molecule has 4 rings (SSSR count). The molecule has 114 valence electrons. The molecule has 0 bridgehead atoms. The molecule has 0 atom stereocenters. The molecule has 1 aromatic carbocycles. The molecule has 1 aliphatic heterocycles. The predicted molar refractivity (Wildman–Crippen MR) is 92.0 cm³/mol. The lowest BCUT2D eigenvalue weighted by Crippen LogP contribution is -2.10. The largest absolute Gasteiger partial charge is 0.324 e. The Labute approximate surface area is 142 Å². The summed E-state index contributed by atoms with van der Waals surface area (Å²) in [6.45, 7) is 0.349. The van der Waals surface area contributed by atoms with Gasteiger partial charge in [0.2, 0.25) is 0 Å². The maximum absolute atomic E-state index is 5.84. The average molecular weight is 368 g/mol. The molecule has 5 nitrogen and oxygen atoms in total. The summed E-state index contributed by atoms with van der Waals surface area (Å²) in [6.07, 6.45) is 4.65. The van der Waals surface area contributed by atoms with Crippen molar-refractivity contribution in [1.29, 1.82) is 0 Å². The predicted octanol–water partition coefficient (Wildman–Crippen LogP) is 2.87. The van der Waals surface area contributed by atoms with E-state index in [9.17, 15) is 0 Å². The highest BCUT2D eigenvalue weighted by atomic mass is 79.9. The van der Waals surface area contributed by atoms with E-state index in [-0.39, 0.29) is 0 Å². The fraction of sp³-hybridized carbons (Fsp3) is 0.118. The van der Waals surface area contributed by atoms with Crippen LogP contribution in [0.2, 0.25) is 0 Å². The van der Waals surface area contributed by atoms with Crippen LogP contribution in [0.5, 0.6) is 0 Å². The lowest BCUT2D eigenvalue weighted by molar-refractivity contribution is 0.843. The minimum absolute atomic E-state index is 0.349. The van der Waals surface area contributed by atoms with Crippen LogP contribution in [0.3, 0.4) is 0 Å². The van der Waals surface area contributed by atoms with E-state index in [0.717, 1.165) is 38.6 Å². The van der Waals surface area contributed by atoms with Crippen LogP contribution >= 0.6 is 15.9 Å². The van der Waals surface area contributed by atoms with Crippen LogP contribution < -0.4 is 5.73 Å². The Bertz CT molecular complexity index is 899. The highest BCUT2D eigenvalue weighted by Crippen LogP contribution is 2.33. The fourth-order valence-corrected chi connectivity index (χ4v) is 3.24. The van der Waals surface area contributed by atoms with E-state index >= 15 is 0 Å². The second-order valence-corrected chi connectivity index (χ2v) is 6.19. The summed E-state index contributed by atoms with van der Waals surface area (Å²) in [5, 5.41) is 8.50. The number of allylic oxidation sites excluding steroid dienone is 1. The van der Waals surface area contributed by atoms with Crippen molar-refractivity contribution >= 4 is 21.5 Å². The van der Waals surface area contributed by atoms with Crippen LogP contribution in [0.4, 0.5) is 0 Å². The van der Waals surface area contributed by atoms with Crippen molar-refractivity contribution in [3.8, 4) is 5.69 Å². The van der Waals surface area contributed by atoms with Gasteiger partial charge < -0.3 is 5.73 Å². The number of halogens is 1. The second-order valence-electron chi connectivity index (χ2n) is 5.27. The molecule has 0 saturated heterocycles. The van der Waals surface area contributed by atoms with E-state index in [4.69, 9.17) is 5.73 Å². The Balaban J connectivity index is 2.00. The van der Waals surface area contributed by atoms with Gasteiger partial charge in [0.1, 0.15) is 5.82 Å². The first kappa shape index (κ1) is 14.3. The van der Waals surface area contributed by atoms with E-state index in [1.54, 1.807) is 0 Å². The van der Waals surface area contributed by atoms with Crippen LogP contribution in [0.25, 0.3) is 11.3 Å². The van der Waals surface area contributed by atoms with Crippen molar-refractivity contribution in [2.45, 2.75) is 13.0 Å². The molecule has 3 heterocycles. The third kappa shape index (κ3) is 2.40. The van der Waals surface area contributed by atoms with Gasteiger partial charge in [-0.3, -0.25) is 9.55 Å². The van der Waals surface area contributed by atoms with Gasteiger partial charge in [0.25, 0.3) is 0 Å². The van der Waals surface area contributed by atoms with Crippen molar-refractivity contribution in [2.24, 2.45) is 5.73 Å². The SMILES string of the molecule is NCc1nnc2n1-c1ccc(Br)cc1C(c1ccccn1)=CC2. The first-order valence-electron chi connectivity index (χ1n) is 7.33. The number of hydrogen-bond donors (Lipinski definition) is 1. The number of fused-ring (bicyclic) bond motifs is 3. The molecule has 1 aliphatic rings. The van der Waals surface area contributed by atoms with Crippen molar-refractivity contribution in [3.05, 3.63) is 76.0 Å². The summed E-state index contributed by atoms with van der Waals surface area (Å²) in [5.74, 6) is 1.65. The van der Waals surface area contributed by atoms with Gasteiger partial charge in [-0.1, -0.05) is 28.1 Å². The number of nitrogens with zero attached hydrogens (tertiary/aromatic N) is 4. The Morgan fingerprint density at radius 2 is 2.09 bits per heavy atom. The van der Waals surface area contributed by atoms with E-state index in [1.165, 1.54) is 0 Å². The third-order valence-electron chi connectivity index (χ3n) is 3.90. The normalized spacial score (nSPS) is 13.0. The molecule has 2 aromatic heterocycles. The minimum Gasteiger partial charge on any atom is -0.324 e. The molecular formula is C17H14BrN5. The van der Waals surface area contributed by atoms with Crippen LogP contribution in [0.15, 0.2) is 53.1 Å². The summed E-state index contributed by atoms with van der Waals surface area (Å²) >= 11 is 3.57. The summed E-state index contributed by atoms with van der Waals surface area (Å²) in [6, 6.07) is 12.1. The first-order chi connectivity index (χ1) is 11.3. The highest BCUT2D eigenvalue weighted by Gasteiger charge is 2.21. The Morgan fingerprint density at radius 3 is 2.87 bits per heavy atom. The van der Waals surface area contributed by atoms with Crippen LogP contribution in [-0.2, 0) is 13.0 Å². The molecule has 6 heteroatoms. The molecule has 0 aliphatic carbocycles. The van der Waals surface area contributed by atoms with Gasteiger partial charge in [-0.2, -0.15) is 0 Å². The topological polar surface area (TPSA) is 69.6 Å². The van der Waals surface area contributed by atoms with Gasteiger partial charge in [-0.05, 0) is 30.3 Å².